The summed E-state index contributed by atoms with van der Waals surface area (Å²) in [5.74, 6) is -1.18. The molecule has 1 aliphatic heterocycles. The molecule has 34 heavy (non-hydrogen) atoms. The average Bonchev–Trinajstić information content (AvgIpc) is 2.78. The van der Waals surface area contributed by atoms with Crippen LogP contribution in [0.5, 0.6) is 5.88 Å². The number of rotatable bonds is 7. The highest BCUT2D eigenvalue weighted by Gasteiger charge is 2.33. The smallest absolute Gasteiger partial charge is 0.339 e. The van der Waals surface area contributed by atoms with Crippen LogP contribution >= 0.6 is 11.6 Å². The lowest BCUT2D eigenvalue weighted by atomic mass is 9.99. The van der Waals surface area contributed by atoms with E-state index in [-0.39, 0.29) is 46.2 Å². The fourth-order valence-electron chi connectivity index (χ4n) is 3.72. The minimum atomic E-state index is -1.20. The topological polar surface area (TPSA) is 126 Å². The third kappa shape index (κ3) is 4.11. The molecule has 1 fully saturated rings. The van der Waals surface area contributed by atoms with Gasteiger partial charge in [0.1, 0.15) is 18.2 Å². The fraction of sp³-hybridized carbons (Fsp3) is 0.286. The first-order chi connectivity index (χ1) is 16.4. The molecule has 1 N–H and O–H groups in total. The van der Waals surface area contributed by atoms with E-state index in [2.05, 4.69) is 14.7 Å². The third-order valence-corrected chi connectivity index (χ3v) is 5.59. The Morgan fingerprint density at radius 1 is 1.29 bits per heavy atom. The number of ether oxygens (including phenoxy) is 1. The Balaban J connectivity index is 2.05. The summed E-state index contributed by atoms with van der Waals surface area (Å²) in [4.78, 5) is 36.6. The molecule has 3 heterocycles. The Kier molecular flexibility index (Phi) is 6.58. The minimum Gasteiger partial charge on any atom is -0.445 e. The van der Waals surface area contributed by atoms with Gasteiger partial charge in [-0.05, 0) is 17.7 Å². The molecule has 0 spiro atoms. The molecule has 13 heteroatoms. The van der Waals surface area contributed by atoms with Gasteiger partial charge in [-0.1, -0.05) is 17.7 Å². The zero-order valence-electron chi connectivity index (χ0n) is 17.5. The summed E-state index contributed by atoms with van der Waals surface area (Å²) >= 11 is 5.96. The maximum atomic E-state index is 13.9. The maximum Gasteiger partial charge on any atom is 0.339 e. The Morgan fingerprint density at radius 2 is 2.06 bits per heavy atom. The van der Waals surface area contributed by atoms with E-state index in [4.69, 9.17) is 11.6 Å². The highest BCUT2D eigenvalue weighted by atomic mass is 35.5. The van der Waals surface area contributed by atoms with E-state index in [9.17, 15) is 28.7 Å². The number of hydrogen-bond acceptors (Lipinski definition) is 8. The molecule has 0 amide bonds. The van der Waals surface area contributed by atoms with Crippen LogP contribution in [0.25, 0.3) is 16.9 Å². The van der Waals surface area contributed by atoms with Crippen molar-refractivity contribution < 1.29 is 18.6 Å². The van der Waals surface area contributed by atoms with Crippen LogP contribution in [-0.2, 0) is 6.54 Å². The average molecular weight is 491 g/mol. The molecular formula is C21H17ClF2N6O4. The lowest BCUT2D eigenvalue weighted by molar-refractivity contribution is 0.184. The summed E-state index contributed by atoms with van der Waals surface area (Å²) in [7, 11) is 0. The van der Waals surface area contributed by atoms with E-state index in [1.165, 1.54) is 12.1 Å². The third-order valence-electron chi connectivity index (χ3n) is 5.30. The molecule has 176 valence electrons. The second-order valence-corrected chi connectivity index (χ2v) is 7.82. The first kappa shape index (κ1) is 23.3. The molecule has 0 bridgehead atoms. The monoisotopic (exact) mass is 490 g/mol. The lowest BCUT2D eigenvalue weighted by Crippen LogP contribution is -2.53. The number of nitriles is 1. The van der Waals surface area contributed by atoms with Gasteiger partial charge in [0.25, 0.3) is 5.56 Å². The molecule has 1 aromatic carbocycles. The van der Waals surface area contributed by atoms with E-state index >= 15 is 0 Å². The van der Waals surface area contributed by atoms with Crippen LogP contribution in [0.3, 0.4) is 0 Å². The van der Waals surface area contributed by atoms with Crippen LogP contribution in [-0.4, -0.2) is 50.8 Å². The second kappa shape index (κ2) is 9.58. The SMILES string of the molecule is N#CCn1c(N2CC(CO)C2)c(-c2ccc(F)c(Cl)c2)c(=O)n(-c2cncc(OCF)n2)c1=O. The second-order valence-electron chi connectivity index (χ2n) is 7.42. The van der Waals surface area contributed by atoms with Crippen molar-refractivity contribution in [1.29, 1.82) is 5.26 Å². The van der Waals surface area contributed by atoms with Crippen molar-refractivity contribution in [1.82, 2.24) is 19.1 Å². The van der Waals surface area contributed by atoms with E-state index in [0.29, 0.717) is 17.7 Å². The van der Waals surface area contributed by atoms with Gasteiger partial charge in [-0.25, -0.2) is 18.1 Å². The minimum absolute atomic E-state index is 0.0354. The van der Waals surface area contributed by atoms with Crippen molar-refractivity contribution in [2.75, 3.05) is 31.5 Å². The number of aliphatic hydroxyl groups is 1. The molecule has 4 rings (SSSR count). The van der Waals surface area contributed by atoms with Crippen LogP contribution in [0.2, 0.25) is 5.02 Å². The van der Waals surface area contributed by atoms with Gasteiger partial charge in [-0.3, -0.25) is 14.3 Å². The van der Waals surface area contributed by atoms with Gasteiger partial charge in [0, 0.05) is 25.6 Å². The summed E-state index contributed by atoms with van der Waals surface area (Å²) in [5, 5.41) is 18.6. The van der Waals surface area contributed by atoms with Gasteiger partial charge in [-0.2, -0.15) is 10.2 Å². The first-order valence-electron chi connectivity index (χ1n) is 9.98. The van der Waals surface area contributed by atoms with Gasteiger partial charge in [0.15, 0.2) is 5.82 Å². The number of aliphatic hydroxyl groups excluding tert-OH is 1. The van der Waals surface area contributed by atoms with E-state index in [1.54, 1.807) is 4.90 Å². The predicted molar refractivity (Wildman–Crippen MR) is 117 cm³/mol. The number of anilines is 1. The number of benzene rings is 1. The Hall–Kier alpha value is -3.82. The van der Waals surface area contributed by atoms with Gasteiger partial charge >= 0.3 is 5.69 Å². The maximum absolute atomic E-state index is 13.9. The summed E-state index contributed by atoms with van der Waals surface area (Å²) in [6.45, 7) is -1.07. The summed E-state index contributed by atoms with van der Waals surface area (Å²) < 4.78 is 32.9. The quantitative estimate of drug-likeness (QED) is 0.528. The summed E-state index contributed by atoms with van der Waals surface area (Å²) in [5.41, 5.74) is -1.57. The van der Waals surface area contributed by atoms with Crippen LogP contribution < -0.4 is 20.9 Å². The van der Waals surface area contributed by atoms with Crippen molar-refractivity contribution in [3.8, 4) is 28.9 Å². The van der Waals surface area contributed by atoms with Crippen molar-refractivity contribution in [3.05, 3.63) is 62.3 Å². The van der Waals surface area contributed by atoms with Gasteiger partial charge in [0.2, 0.25) is 12.7 Å². The van der Waals surface area contributed by atoms with Crippen molar-refractivity contribution in [2.45, 2.75) is 6.54 Å². The number of halogens is 3. The van der Waals surface area contributed by atoms with Crippen LogP contribution in [0, 0.1) is 23.1 Å². The molecule has 1 aliphatic rings. The first-order valence-corrected chi connectivity index (χ1v) is 10.4. The molecule has 3 aromatic rings. The molecular weight excluding hydrogens is 474 g/mol. The normalized spacial score (nSPS) is 13.4. The number of alkyl halides is 1. The van der Waals surface area contributed by atoms with E-state index in [0.717, 1.165) is 23.0 Å². The Bertz CT molecular complexity index is 1400. The van der Waals surface area contributed by atoms with Crippen LogP contribution in [0.4, 0.5) is 14.6 Å². The van der Waals surface area contributed by atoms with Crippen LogP contribution in [0.15, 0.2) is 40.2 Å². The van der Waals surface area contributed by atoms with Crippen molar-refractivity contribution >= 4 is 17.4 Å². The molecule has 10 nitrogen and oxygen atoms in total. The largest absolute Gasteiger partial charge is 0.445 e. The fourth-order valence-corrected chi connectivity index (χ4v) is 3.90. The molecule has 0 radical (unpaired) electrons. The highest BCUT2D eigenvalue weighted by molar-refractivity contribution is 6.31. The van der Waals surface area contributed by atoms with E-state index in [1.807, 2.05) is 6.07 Å². The molecule has 0 saturated carbocycles. The molecule has 0 atom stereocenters. The molecule has 0 unspecified atom stereocenters. The molecule has 2 aromatic heterocycles. The lowest BCUT2D eigenvalue weighted by Gasteiger charge is -2.41. The number of nitrogens with zero attached hydrogens (tertiary/aromatic N) is 6. The summed E-state index contributed by atoms with van der Waals surface area (Å²) in [6, 6.07) is 5.53. The predicted octanol–water partition coefficient (Wildman–Crippen LogP) is 1.51. The number of hydrogen-bond donors (Lipinski definition) is 1. The Morgan fingerprint density at radius 3 is 2.71 bits per heavy atom. The molecule has 1 saturated heterocycles. The van der Waals surface area contributed by atoms with Crippen molar-refractivity contribution in [2.24, 2.45) is 5.92 Å². The Labute approximate surface area is 195 Å². The van der Waals surface area contributed by atoms with Gasteiger partial charge in [0.05, 0.1) is 29.0 Å². The molecule has 0 aliphatic carbocycles. The van der Waals surface area contributed by atoms with Crippen molar-refractivity contribution in [3.63, 3.8) is 0 Å². The van der Waals surface area contributed by atoms with E-state index < -0.39 is 30.5 Å². The highest BCUT2D eigenvalue weighted by Crippen LogP contribution is 2.33. The zero-order chi connectivity index (χ0) is 24.4. The number of aromatic nitrogens is 4. The standard InChI is InChI=1S/C21H17ClF2N6O4/c22-14-5-13(1-2-15(14)24)18-19(28-8-12(9-28)10-31)29(4-3-25)21(33)30(20(18)32)16-6-26-7-17(27-16)34-11-23/h1-2,5-7,12,31H,4,8-11H2. The van der Waals surface area contributed by atoms with Gasteiger partial charge < -0.3 is 14.7 Å². The van der Waals surface area contributed by atoms with Gasteiger partial charge in [-0.15, -0.1) is 0 Å². The summed E-state index contributed by atoms with van der Waals surface area (Å²) in [6.07, 6.45) is 2.21. The zero-order valence-corrected chi connectivity index (χ0v) is 18.2. The van der Waals surface area contributed by atoms with Crippen LogP contribution in [0.1, 0.15) is 0 Å².